The predicted octanol–water partition coefficient (Wildman–Crippen LogP) is 1.79. The Labute approximate surface area is 57.2 Å². The summed E-state index contributed by atoms with van der Waals surface area (Å²) >= 11 is 0. The van der Waals surface area contributed by atoms with Crippen molar-refractivity contribution in [1.82, 2.24) is 0 Å². The molecule has 2 nitrogen and oxygen atoms in total. The van der Waals surface area contributed by atoms with Crippen LogP contribution in [0.5, 0.6) is 0 Å². The molecule has 0 bridgehead atoms. The lowest BCUT2D eigenvalue weighted by Crippen LogP contribution is -2.20. The van der Waals surface area contributed by atoms with Crippen molar-refractivity contribution in [2.75, 3.05) is 6.61 Å². The molecular weight excluding hydrogens is 116 g/mol. The van der Waals surface area contributed by atoms with Gasteiger partial charge in [0.1, 0.15) is 0 Å². The van der Waals surface area contributed by atoms with E-state index < -0.39 is 0 Å². The molecule has 1 aliphatic rings. The third-order valence-corrected chi connectivity index (χ3v) is 1.15. The van der Waals surface area contributed by atoms with E-state index in [0.717, 1.165) is 6.61 Å². The minimum absolute atomic E-state index is 0. The van der Waals surface area contributed by atoms with Gasteiger partial charge in [-0.1, -0.05) is 7.43 Å². The Hall–Kier alpha value is -0.0800. The van der Waals surface area contributed by atoms with Gasteiger partial charge in [0.2, 0.25) is 0 Å². The number of rotatable bonds is 0. The highest BCUT2D eigenvalue weighted by Crippen LogP contribution is 2.21. The minimum Gasteiger partial charge on any atom is -0.348 e. The van der Waals surface area contributed by atoms with E-state index >= 15 is 0 Å². The van der Waals surface area contributed by atoms with Gasteiger partial charge in [0.15, 0.2) is 5.79 Å². The van der Waals surface area contributed by atoms with E-state index in [0.29, 0.717) is 0 Å². The maximum atomic E-state index is 5.33. The molecule has 0 N–H and O–H groups in total. The van der Waals surface area contributed by atoms with Gasteiger partial charge in [-0.05, 0) is 20.8 Å². The Bertz CT molecular complexity index is 88.9. The molecule has 1 aliphatic heterocycles. The summed E-state index contributed by atoms with van der Waals surface area (Å²) in [5.41, 5.74) is 0. The molecule has 0 aliphatic carbocycles. The van der Waals surface area contributed by atoms with E-state index in [2.05, 4.69) is 0 Å². The topological polar surface area (TPSA) is 18.5 Å². The quantitative estimate of drug-likeness (QED) is 0.500. The highest BCUT2D eigenvalue weighted by molar-refractivity contribution is 4.65. The van der Waals surface area contributed by atoms with Crippen molar-refractivity contribution in [2.24, 2.45) is 0 Å². The lowest BCUT2D eigenvalue weighted by atomic mass is 10.4. The summed E-state index contributed by atoms with van der Waals surface area (Å²) in [6.45, 7) is 6.59. The smallest absolute Gasteiger partial charge is 0.163 e. The summed E-state index contributed by atoms with van der Waals surface area (Å²) in [4.78, 5) is 0. The van der Waals surface area contributed by atoms with Crippen LogP contribution in [0.4, 0.5) is 0 Å². The minimum atomic E-state index is -0.334. The Morgan fingerprint density at radius 3 is 2.11 bits per heavy atom. The molecule has 1 saturated heterocycles. The van der Waals surface area contributed by atoms with Crippen molar-refractivity contribution in [3.63, 3.8) is 0 Å². The highest BCUT2D eigenvalue weighted by Gasteiger charge is 2.29. The Morgan fingerprint density at radius 2 is 2.00 bits per heavy atom. The molecule has 0 aromatic carbocycles. The predicted molar refractivity (Wildman–Crippen MR) is 37.3 cm³/mol. The van der Waals surface area contributed by atoms with Crippen LogP contribution >= 0.6 is 0 Å². The van der Waals surface area contributed by atoms with Crippen LogP contribution in [0.1, 0.15) is 28.2 Å². The fourth-order valence-corrected chi connectivity index (χ4v) is 0.871. The van der Waals surface area contributed by atoms with Crippen LogP contribution in [0, 0.1) is 0 Å². The van der Waals surface area contributed by atoms with Crippen LogP contribution in [0.2, 0.25) is 0 Å². The van der Waals surface area contributed by atoms with Gasteiger partial charge in [-0.2, -0.15) is 0 Å². The van der Waals surface area contributed by atoms with Crippen molar-refractivity contribution < 1.29 is 9.47 Å². The van der Waals surface area contributed by atoms with E-state index in [1.807, 2.05) is 20.8 Å². The molecule has 0 unspecified atom stereocenters. The van der Waals surface area contributed by atoms with E-state index in [1.54, 1.807) is 0 Å². The number of hydrogen-bond acceptors (Lipinski definition) is 2. The second-order valence-corrected chi connectivity index (χ2v) is 2.64. The van der Waals surface area contributed by atoms with Crippen LogP contribution in [-0.4, -0.2) is 18.5 Å². The van der Waals surface area contributed by atoms with Gasteiger partial charge in [0.05, 0.1) is 12.7 Å². The Balaban J connectivity index is 0.000000640. The zero-order chi connectivity index (χ0) is 6.20. The Kier molecular flexibility index (Phi) is 2.65. The standard InChI is InChI=1S/C6H12O2.CH4/c1-5-4-7-6(2,3)8-5;/h5H,4H2,1-3H3;1H4/t5-;/m1./s1. The van der Waals surface area contributed by atoms with Crippen molar-refractivity contribution in [3.05, 3.63) is 0 Å². The van der Waals surface area contributed by atoms with Gasteiger partial charge in [0, 0.05) is 0 Å². The molecule has 1 atom stereocenters. The average molecular weight is 132 g/mol. The van der Waals surface area contributed by atoms with E-state index in [-0.39, 0.29) is 19.3 Å². The summed E-state index contributed by atoms with van der Waals surface area (Å²) in [6, 6.07) is 0. The largest absolute Gasteiger partial charge is 0.348 e. The van der Waals surface area contributed by atoms with Crippen LogP contribution in [0.3, 0.4) is 0 Å². The summed E-state index contributed by atoms with van der Waals surface area (Å²) in [7, 11) is 0. The molecule has 1 fully saturated rings. The lowest BCUT2D eigenvalue weighted by Gasteiger charge is -2.15. The normalized spacial score (nSPS) is 31.7. The van der Waals surface area contributed by atoms with Gasteiger partial charge in [0.25, 0.3) is 0 Å². The SMILES string of the molecule is C.C[C@@H]1COC(C)(C)O1. The van der Waals surface area contributed by atoms with Crippen molar-refractivity contribution in [3.8, 4) is 0 Å². The maximum Gasteiger partial charge on any atom is 0.163 e. The highest BCUT2D eigenvalue weighted by atomic mass is 16.7. The molecular formula is C7H16O2. The zero-order valence-corrected chi connectivity index (χ0v) is 5.60. The second-order valence-electron chi connectivity index (χ2n) is 2.64. The fourth-order valence-electron chi connectivity index (χ4n) is 0.871. The molecule has 1 rings (SSSR count). The first-order valence-electron chi connectivity index (χ1n) is 2.92. The molecule has 56 valence electrons. The zero-order valence-electron chi connectivity index (χ0n) is 5.60. The summed E-state index contributed by atoms with van der Waals surface area (Å²) in [5.74, 6) is -0.334. The molecule has 0 saturated carbocycles. The molecule has 0 aromatic heterocycles. The van der Waals surface area contributed by atoms with Gasteiger partial charge in [-0.25, -0.2) is 0 Å². The molecule has 1 heterocycles. The fraction of sp³-hybridized carbons (Fsp3) is 1.00. The molecule has 0 spiro atoms. The van der Waals surface area contributed by atoms with Gasteiger partial charge >= 0.3 is 0 Å². The van der Waals surface area contributed by atoms with Crippen LogP contribution in [0.25, 0.3) is 0 Å². The van der Waals surface area contributed by atoms with E-state index in [4.69, 9.17) is 9.47 Å². The average Bonchev–Trinajstić information content (AvgIpc) is 1.82. The van der Waals surface area contributed by atoms with E-state index in [9.17, 15) is 0 Å². The van der Waals surface area contributed by atoms with Crippen molar-refractivity contribution in [2.45, 2.75) is 40.1 Å². The first kappa shape index (κ1) is 8.92. The summed E-state index contributed by atoms with van der Waals surface area (Å²) < 4.78 is 10.6. The number of hydrogen-bond donors (Lipinski definition) is 0. The van der Waals surface area contributed by atoms with Crippen LogP contribution in [-0.2, 0) is 9.47 Å². The second kappa shape index (κ2) is 2.67. The number of ether oxygens (including phenoxy) is 2. The lowest BCUT2D eigenvalue weighted by molar-refractivity contribution is -0.136. The first-order valence-corrected chi connectivity index (χ1v) is 2.92. The van der Waals surface area contributed by atoms with Gasteiger partial charge in [-0.15, -0.1) is 0 Å². The van der Waals surface area contributed by atoms with Crippen LogP contribution < -0.4 is 0 Å². The van der Waals surface area contributed by atoms with Gasteiger partial charge in [-0.3, -0.25) is 0 Å². The van der Waals surface area contributed by atoms with E-state index in [1.165, 1.54) is 0 Å². The molecule has 2 heteroatoms. The molecule has 9 heavy (non-hydrogen) atoms. The molecule has 0 radical (unpaired) electrons. The third kappa shape index (κ3) is 2.33. The Morgan fingerprint density at radius 1 is 1.44 bits per heavy atom. The summed E-state index contributed by atoms with van der Waals surface area (Å²) in [6.07, 6.45) is 0.269. The first-order chi connectivity index (χ1) is 3.60. The molecule has 0 aromatic rings. The van der Waals surface area contributed by atoms with Gasteiger partial charge < -0.3 is 9.47 Å². The third-order valence-electron chi connectivity index (χ3n) is 1.15. The molecule has 0 amide bonds. The van der Waals surface area contributed by atoms with Crippen molar-refractivity contribution >= 4 is 0 Å². The van der Waals surface area contributed by atoms with Crippen molar-refractivity contribution in [1.29, 1.82) is 0 Å². The summed E-state index contributed by atoms with van der Waals surface area (Å²) in [5, 5.41) is 0. The van der Waals surface area contributed by atoms with Crippen LogP contribution in [0.15, 0.2) is 0 Å². The maximum absolute atomic E-state index is 5.33. The monoisotopic (exact) mass is 132 g/mol.